The van der Waals surface area contributed by atoms with Gasteiger partial charge in [-0.25, -0.2) is 18.4 Å². The molecule has 29 heavy (non-hydrogen) atoms. The van der Waals surface area contributed by atoms with E-state index in [1.165, 1.54) is 25.3 Å². The number of amides is 1. The van der Waals surface area contributed by atoms with Crippen molar-refractivity contribution >= 4 is 27.6 Å². The Labute approximate surface area is 168 Å². The number of carbonyl (C=O) groups is 2. The molecule has 3 N–H and O–H groups in total. The Hall–Kier alpha value is -3.49. The molecule has 1 amide bonds. The molecule has 0 unspecified atom stereocenters. The van der Waals surface area contributed by atoms with Crippen LogP contribution in [-0.2, 0) is 14.8 Å². The molecule has 3 aromatic rings. The number of nitrogens with two attached hydrogens (primary N) is 1. The molecule has 8 heteroatoms. The zero-order chi connectivity index (χ0) is 21.0. The highest BCUT2D eigenvalue weighted by Gasteiger charge is 2.18. The second kappa shape index (κ2) is 8.26. The second-order valence-corrected chi connectivity index (χ2v) is 7.67. The molecule has 0 aromatic heterocycles. The van der Waals surface area contributed by atoms with Crippen LogP contribution in [-0.4, -0.2) is 27.4 Å². The van der Waals surface area contributed by atoms with Gasteiger partial charge in [0.05, 0.1) is 17.6 Å². The number of hydrogen-bond donors (Lipinski definition) is 2. The smallest absolute Gasteiger partial charge is 0.338 e. The molecule has 3 rings (SSSR count). The van der Waals surface area contributed by atoms with E-state index in [2.05, 4.69) is 5.32 Å². The van der Waals surface area contributed by atoms with E-state index in [-0.39, 0.29) is 10.6 Å². The summed E-state index contributed by atoms with van der Waals surface area (Å²) in [6.45, 7) is 0. The lowest BCUT2D eigenvalue weighted by Gasteiger charge is -2.13. The minimum atomic E-state index is -3.90. The minimum absolute atomic E-state index is 0.111. The maximum Gasteiger partial charge on any atom is 0.338 e. The van der Waals surface area contributed by atoms with E-state index >= 15 is 0 Å². The Bertz CT molecular complexity index is 1190. The molecular weight excluding hydrogens is 392 g/mol. The Kier molecular flexibility index (Phi) is 5.76. The van der Waals surface area contributed by atoms with Crippen LogP contribution in [0.4, 0.5) is 5.69 Å². The number of anilines is 1. The van der Waals surface area contributed by atoms with Gasteiger partial charge in [0.2, 0.25) is 10.0 Å². The van der Waals surface area contributed by atoms with Crippen molar-refractivity contribution in [1.82, 2.24) is 0 Å². The summed E-state index contributed by atoms with van der Waals surface area (Å²) in [5.41, 5.74) is 1.99. The van der Waals surface area contributed by atoms with Crippen LogP contribution in [0.3, 0.4) is 0 Å². The van der Waals surface area contributed by atoms with Gasteiger partial charge in [0, 0.05) is 11.3 Å². The average Bonchev–Trinajstić information content (AvgIpc) is 2.72. The highest BCUT2D eigenvalue weighted by Crippen LogP contribution is 2.28. The number of nitrogens with one attached hydrogen (secondary N) is 1. The van der Waals surface area contributed by atoms with Crippen LogP contribution in [0, 0.1) is 0 Å². The third-order valence-electron chi connectivity index (χ3n) is 4.21. The van der Waals surface area contributed by atoms with Gasteiger partial charge in [-0.05, 0) is 41.5 Å². The summed E-state index contributed by atoms with van der Waals surface area (Å²) in [5.74, 6) is -0.983. The Balaban J connectivity index is 2.01. The maximum atomic E-state index is 12.9. The molecular formula is C21H18N2O5S. The van der Waals surface area contributed by atoms with Crippen molar-refractivity contribution in [2.45, 2.75) is 4.90 Å². The molecule has 0 aliphatic rings. The van der Waals surface area contributed by atoms with Crippen LogP contribution in [0.25, 0.3) is 11.1 Å². The van der Waals surface area contributed by atoms with Crippen molar-refractivity contribution in [3.05, 3.63) is 83.9 Å². The molecule has 0 aliphatic carbocycles. The van der Waals surface area contributed by atoms with Crippen LogP contribution < -0.4 is 10.5 Å². The van der Waals surface area contributed by atoms with Crippen molar-refractivity contribution < 1.29 is 22.7 Å². The van der Waals surface area contributed by atoms with Gasteiger partial charge < -0.3 is 10.1 Å². The molecule has 0 spiro atoms. The van der Waals surface area contributed by atoms with Crippen LogP contribution in [0.15, 0.2) is 77.7 Å². The fourth-order valence-electron chi connectivity index (χ4n) is 2.87. The number of benzene rings is 3. The first-order chi connectivity index (χ1) is 13.8. The van der Waals surface area contributed by atoms with Gasteiger partial charge in [-0.15, -0.1) is 0 Å². The highest BCUT2D eigenvalue weighted by molar-refractivity contribution is 7.89. The summed E-state index contributed by atoms with van der Waals surface area (Å²) in [4.78, 5) is 24.9. The van der Waals surface area contributed by atoms with Gasteiger partial charge in [-0.3, -0.25) is 4.79 Å². The van der Waals surface area contributed by atoms with E-state index in [1.54, 1.807) is 54.6 Å². The number of rotatable bonds is 5. The summed E-state index contributed by atoms with van der Waals surface area (Å²) >= 11 is 0. The first-order valence-corrected chi connectivity index (χ1v) is 10.1. The second-order valence-electron chi connectivity index (χ2n) is 6.11. The third kappa shape index (κ3) is 4.50. The molecule has 0 atom stereocenters. The molecule has 0 heterocycles. The predicted octanol–water partition coefficient (Wildman–Crippen LogP) is 3.04. The van der Waals surface area contributed by atoms with E-state index < -0.39 is 21.9 Å². The summed E-state index contributed by atoms with van der Waals surface area (Å²) in [6.07, 6.45) is 0. The molecule has 0 radical (unpaired) electrons. The molecule has 0 saturated heterocycles. The zero-order valence-corrected chi connectivity index (χ0v) is 16.3. The van der Waals surface area contributed by atoms with Crippen molar-refractivity contribution in [1.29, 1.82) is 0 Å². The Morgan fingerprint density at radius 1 is 0.862 bits per heavy atom. The quantitative estimate of drug-likeness (QED) is 0.627. The summed E-state index contributed by atoms with van der Waals surface area (Å²) in [5, 5.41) is 7.81. The van der Waals surface area contributed by atoms with Gasteiger partial charge in [-0.1, -0.05) is 42.5 Å². The van der Waals surface area contributed by atoms with Crippen LogP contribution >= 0.6 is 0 Å². The lowest BCUT2D eigenvalue weighted by atomic mass is 9.95. The number of sulfonamides is 1. The number of ether oxygens (including phenoxy) is 1. The first kappa shape index (κ1) is 20.2. The van der Waals surface area contributed by atoms with E-state index in [0.29, 0.717) is 22.3 Å². The lowest BCUT2D eigenvalue weighted by Crippen LogP contribution is -2.15. The Morgan fingerprint density at radius 2 is 1.45 bits per heavy atom. The van der Waals surface area contributed by atoms with Crippen LogP contribution in [0.2, 0.25) is 0 Å². The zero-order valence-electron chi connectivity index (χ0n) is 15.5. The van der Waals surface area contributed by atoms with Crippen molar-refractivity contribution in [2.24, 2.45) is 5.14 Å². The third-order valence-corrected chi connectivity index (χ3v) is 5.13. The first-order valence-electron chi connectivity index (χ1n) is 8.52. The van der Waals surface area contributed by atoms with Crippen LogP contribution in [0.1, 0.15) is 20.7 Å². The SMILES string of the molecule is COC(=O)c1ccccc1-c1ccccc1C(=O)Nc1cccc(S(N)(=O)=O)c1. The van der Waals surface area contributed by atoms with E-state index in [1.807, 2.05) is 0 Å². The molecule has 0 fully saturated rings. The van der Waals surface area contributed by atoms with E-state index in [4.69, 9.17) is 9.88 Å². The minimum Gasteiger partial charge on any atom is -0.465 e. The molecule has 7 nitrogen and oxygen atoms in total. The molecule has 0 aliphatic heterocycles. The topological polar surface area (TPSA) is 116 Å². The Morgan fingerprint density at radius 3 is 2.07 bits per heavy atom. The summed E-state index contributed by atoms with van der Waals surface area (Å²) in [6, 6.07) is 19.2. The monoisotopic (exact) mass is 410 g/mol. The average molecular weight is 410 g/mol. The number of hydrogen-bond acceptors (Lipinski definition) is 5. The van der Waals surface area contributed by atoms with Gasteiger partial charge in [-0.2, -0.15) is 0 Å². The van der Waals surface area contributed by atoms with Crippen molar-refractivity contribution in [3.63, 3.8) is 0 Å². The molecule has 148 valence electrons. The predicted molar refractivity (Wildman–Crippen MR) is 109 cm³/mol. The number of carbonyl (C=O) groups excluding carboxylic acids is 2. The van der Waals surface area contributed by atoms with Gasteiger partial charge in [0.1, 0.15) is 0 Å². The van der Waals surface area contributed by atoms with E-state index in [9.17, 15) is 18.0 Å². The molecule has 0 saturated carbocycles. The molecule has 3 aromatic carbocycles. The maximum absolute atomic E-state index is 12.9. The number of primary sulfonamides is 1. The van der Waals surface area contributed by atoms with Gasteiger partial charge in [0.25, 0.3) is 5.91 Å². The fourth-order valence-corrected chi connectivity index (χ4v) is 3.43. The fraction of sp³-hybridized carbons (Fsp3) is 0.0476. The van der Waals surface area contributed by atoms with Crippen molar-refractivity contribution in [3.8, 4) is 11.1 Å². The van der Waals surface area contributed by atoms with Gasteiger partial charge >= 0.3 is 5.97 Å². The summed E-state index contributed by atoms with van der Waals surface area (Å²) in [7, 11) is -2.61. The number of methoxy groups -OCH3 is 1. The largest absolute Gasteiger partial charge is 0.465 e. The normalized spacial score (nSPS) is 11.0. The van der Waals surface area contributed by atoms with E-state index in [0.717, 1.165) is 0 Å². The van der Waals surface area contributed by atoms with Crippen LogP contribution in [0.5, 0.6) is 0 Å². The number of esters is 1. The van der Waals surface area contributed by atoms with Crippen molar-refractivity contribution in [2.75, 3.05) is 12.4 Å². The molecule has 0 bridgehead atoms. The lowest BCUT2D eigenvalue weighted by molar-refractivity contribution is 0.0601. The van der Waals surface area contributed by atoms with Gasteiger partial charge in [0.15, 0.2) is 0 Å². The highest BCUT2D eigenvalue weighted by atomic mass is 32.2. The standard InChI is InChI=1S/C21H18N2O5S/c1-28-21(25)19-12-5-3-10-17(19)16-9-2-4-11-18(16)20(24)23-14-7-6-8-15(13-14)29(22,26)27/h2-13H,1H3,(H,23,24)(H2,22,26,27). The summed E-state index contributed by atoms with van der Waals surface area (Å²) < 4.78 is 27.9.